The molecule has 0 saturated carbocycles. The van der Waals surface area contributed by atoms with Crippen molar-refractivity contribution in [3.8, 4) is 5.69 Å². The smallest absolute Gasteiger partial charge is 0.0994 e. The number of imidazole rings is 1. The summed E-state index contributed by atoms with van der Waals surface area (Å²) < 4.78 is 2.12. The van der Waals surface area contributed by atoms with E-state index in [9.17, 15) is 0 Å². The fourth-order valence-electron chi connectivity index (χ4n) is 2.45. The van der Waals surface area contributed by atoms with E-state index in [1.807, 2.05) is 31.6 Å². The highest BCUT2D eigenvalue weighted by Gasteiger charge is 2.20. The second-order valence-corrected chi connectivity index (χ2v) is 5.18. The van der Waals surface area contributed by atoms with Crippen molar-refractivity contribution < 1.29 is 0 Å². The first-order chi connectivity index (χ1) is 8.75. The normalized spacial score (nSPS) is 19.3. The predicted octanol–water partition coefficient (Wildman–Crippen LogP) is 3.26. The van der Waals surface area contributed by atoms with Gasteiger partial charge in [0, 0.05) is 16.8 Å². The molecule has 2 heterocycles. The summed E-state index contributed by atoms with van der Waals surface area (Å²) in [6.07, 6.45) is 6.20. The number of rotatable bonds is 2. The molecule has 0 aliphatic carbocycles. The van der Waals surface area contributed by atoms with E-state index in [1.54, 1.807) is 0 Å². The molecule has 1 saturated heterocycles. The number of nitrogens with zero attached hydrogens (tertiary/aromatic N) is 2. The molecule has 1 atom stereocenters. The highest BCUT2D eigenvalue weighted by atomic mass is 35.5. The van der Waals surface area contributed by atoms with Gasteiger partial charge in [-0.3, -0.25) is 0 Å². The summed E-state index contributed by atoms with van der Waals surface area (Å²) in [6, 6.07) is 6.54. The van der Waals surface area contributed by atoms with E-state index >= 15 is 0 Å². The van der Waals surface area contributed by atoms with Crippen LogP contribution in [0, 0.1) is 6.92 Å². The van der Waals surface area contributed by atoms with Crippen LogP contribution in [-0.2, 0) is 0 Å². The largest absolute Gasteiger partial charge is 0.309 e. The molecule has 0 amide bonds. The van der Waals surface area contributed by atoms with Gasteiger partial charge in [-0.25, -0.2) is 4.98 Å². The lowest BCUT2D eigenvalue weighted by Gasteiger charge is -2.14. The zero-order valence-corrected chi connectivity index (χ0v) is 11.1. The minimum absolute atomic E-state index is 0.410. The first-order valence-electron chi connectivity index (χ1n) is 6.28. The number of hydrogen-bond acceptors (Lipinski definition) is 2. The van der Waals surface area contributed by atoms with E-state index in [4.69, 9.17) is 11.6 Å². The van der Waals surface area contributed by atoms with Crippen LogP contribution in [0.2, 0.25) is 5.02 Å². The molecular weight excluding hydrogens is 246 g/mol. The van der Waals surface area contributed by atoms with Crippen LogP contribution in [0.25, 0.3) is 5.69 Å². The van der Waals surface area contributed by atoms with Crippen molar-refractivity contribution >= 4 is 11.6 Å². The third kappa shape index (κ3) is 2.04. The van der Waals surface area contributed by atoms with Crippen molar-refractivity contribution in [3.05, 3.63) is 47.0 Å². The summed E-state index contributed by atoms with van der Waals surface area (Å²) in [6.45, 7) is 3.10. The number of aryl methyl sites for hydroxylation is 1. The quantitative estimate of drug-likeness (QED) is 0.899. The second kappa shape index (κ2) is 4.75. The molecule has 1 N–H and O–H groups in total. The van der Waals surface area contributed by atoms with Gasteiger partial charge in [0.2, 0.25) is 0 Å². The molecule has 1 aromatic heterocycles. The van der Waals surface area contributed by atoms with Crippen molar-refractivity contribution in [1.82, 2.24) is 14.9 Å². The lowest BCUT2D eigenvalue weighted by molar-refractivity contribution is 0.615. The summed E-state index contributed by atoms with van der Waals surface area (Å²) in [4.78, 5) is 4.28. The van der Waals surface area contributed by atoms with Crippen LogP contribution >= 0.6 is 11.6 Å². The molecule has 0 radical (unpaired) electrons. The zero-order valence-electron chi connectivity index (χ0n) is 10.4. The van der Waals surface area contributed by atoms with Gasteiger partial charge in [-0.05, 0) is 44.0 Å². The fourth-order valence-corrected chi connectivity index (χ4v) is 2.62. The SMILES string of the molecule is Cc1ccc(-n2cncc2C2CCCN2)cc1Cl. The van der Waals surface area contributed by atoms with E-state index in [2.05, 4.69) is 20.9 Å². The number of nitrogens with one attached hydrogen (secondary N) is 1. The van der Waals surface area contributed by atoms with Crippen molar-refractivity contribution in [2.45, 2.75) is 25.8 Å². The first-order valence-corrected chi connectivity index (χ1v) is 6.65. The number of aromatic nitrogens is 2. The molecule has 4 heteroatoms. The molecule has 94 valence electrons. The minimum Gasteiger partial charge on any atom is -0.309 e. The molecule has 1 unspecified atom stereocenters. The molecule has 1 aromatic carbocycles. The first kappa shape index (κ1) is 11.8. The minimum atomic E-state index is 0.410. The molecule has 18 heavy (non-hydrogen) atoms. The lowest BCUT2D eigenvalue weighted by atomic mass is 10.1. The van der Waals surface area contributed by atoms with Crippen LogP contribution < -0.4 is 5.32 Å². The van der Waals surface area contributed by atoms with Gasteiger partial charge in [-0.2, -0.15) is 0 Å². The second-order valence-electron chi connectivity index (χ2n) is 4.77. The summed E-state index contributed by atoms with van der Waals surface area (Å²) >= 11 is 6.19. The molecule has 0 bridgehead atoms. The monoisotopic (exact) mass is 261 g/mol. The van der Waals surface area contributed by atoms with Crippen LogP contribution in [0.15, 0.2) is 30.7 Å². The van der Waals surface area contributed by atoms with Gasteiger partial charge in [0.25, 0.3) is 0 Å². The molecule has 2 aromatic rings. The van der Waals surface area contributed by atoms with E-state index < -0.39 is 0 Å². The summed E-state index contributed by atoms with van der Waals surface area (Å²) in [5.74, 6) is 0. The lowest BCUT2D eigenvalue weighted by Crippen LogP contribution is -2.16. The molecule has 0 spiro atoms. The van der Waals surface area contributed by atoms with Crippen molar-refractivity contribution in [2.24, 2.45) is 0 Å². The van der Waals surface area contributed by atoms with Crippen LogP contribution in [0.3, 0.4) is 0 Å². The third-order valence-electron chi connectivity index (χ3n) is 3.52. The fraction of sp³-hybridized carbons (Fsp3) is 0.357. The maximum Gasteiger partial charge on any atom is 0.0994 e. The Kier molecular flexibility index (Phi) is 3.10. The van der Waals surface area contributed by atoms with E-state index in [0.29, 0.717) is 6.04 Å². The van der Waals surface area contributed by atoms with Crippen LogP contribution in [0.4, 0.5) is 0 Å². The Morgan fingerprint density at radius 2 is 2.33 bits per heavy atom. The van der Waals surface area contributed by atoms with E-state index in [-0.39, 0.29) is 0 Å². The maximum absolute atomic E-state index is 6.19. The third-order valence-corrected chi connectivity index (χ3v) is 3.93. The summed E-state index contributed by atoms with van der Waals surface area (Å²) in [5.41, 5.74) is 3.39. The van der Waals surface area contributed by atoms with Crippen LogP contribution in [-0.4, -0.2) is 16.1 Å². The van der Waals surface area contributed by atoms with Crippen LogP contribution in [0.5, 0.6) is 0 Å². The Balaban J connectivity index is 2.00. The van der Waals surface area contributed by atoms with Gasteiger partial charge in [-0.15, -0.1) is 0 Å². The number of halogens is 1. The Morgan fingerprint density at radius 3 is 3.06 bits per heavy atom. The maximum atomic E-state index is 6.19. The Labute approximate surface area is 112 Å². The average molecular weight is 262 g/mol. The van der Waals surface area contributed by atoms with Gasteiger partial charge >= 0.3 is 0 Å². The van der Waals surface area contributed by atoms with Crippen LogP contribution in [0.1, 0.15) is 30.1 Å². The predicted molar refractivity (Wildman–Crippen MR) is 73.3 cm³/mol. The average Bonchev–Trinajstić information content (AvgIpc) is 3.00. The topological polar surface area (TPSA) is 29.9 Å². The van der Waals surface area contributed by atoms with Gasteiger partial charge < -0.3 is 9.88 Å². The molecule has 1 fully saturated rings. The van der Waals surface area contributed by atoms with Gasteiger partial charge in [0.05, 0.1) is 18.2 Å². The zero-order chi connectivity index (χ0) is 12.5. The number of benzene rings is 1. The summed E-state index contributed by atoms with van der Waals surface area (Å²) in [5, 5.41) is 4.30. The van der Waals surface area contributed by atoms with Gasteiger partial charge in [-0.1, -0.05) is 17.7 Å². The highest BCUT2D eigenvalue weighted by Crippen LogP contribution is 2.26. The van der Waals surface area contributed by atoms with Crippen molar-refractivity contribution in [2.75, 3.05) is 6.54 Å². The van der Waals surface area contributed by atoms with Crippen molar-refractivity contribution in [3.63, 3.8) is 0 Å². The van der Waals surface area contributed by atoms with Gasteiger partial charge in [0.15, 0.2) is 0 Å². The molecular formula is C14H16ClN3. The Morgan fingerprint density at radius 1 is 1.44 bits per heavy atom. The molecule has 1 aliphatic heterocycles. The standard InChI is InChI=1S/C14H16ClN3/c1-10-4-5-11(7-12(10)15)18-9-16-8-14(18)13-3-2-6-17-13/h4-5,7-9,13,17H,2-3,6H2,1H3. The van der Waals surface area contributed by atoms with E-state index in [1.165, 1.54) is 18.5 Å². The Bertz CT molecular complexity index is 556. The van der Waals surface area contributed by atoms with Gasteiger partial charge in [0.1, 0.15) is 0 Å². The van der Waals surface area contributed by atoms with E-state index in [0.717, 1.165) is 22.8 Å². The molecule has 3 nitrogen and oxygen atoms in total. The summed E-state index contributed by atoms with van der Waals surface area (Å²) in [7, 11) is 0. The molecule has 1 aliphatic rings. The highest BCUT2D eigenvalue weighted by molar-refractivity contribution is 6.31. The number of hydrogen-bond donors (Lipinski definition) is 1. The molecule has 3 rings (SSSR count). The Hall–Kier alpha value is -1.32. The van der Waals surface area contributed by atoms with Crippen molar-refractivity contribution in [1.29, 1.82) is 0 Å².